The molecule has 0 saturated heterocycles. The highest BCUT2D eigenvalue weighted by Crippen LogP contribution is 2.40. The second-order valence-corrected chi connectivity index (χ2v) is 6.58. The molecule has 2 heterocycles. The van der Waals surface area contributed by atoms with Gasteiger partial charge in [0.15, 0.2) is 0 Å². The van der Waals surface area contributed by atoms with Crippen LogP contribution < -0.4 is 10.6 Å². The van der Waals surface area contributed by atoms with Gasteiger partial charge < -0.3 is 10.1 Å². The summed E-state index contributed by atoms with van der Waals surface area (Å²) in [5.74, 6) is 0.830. The Morgan fingerprint density at radius 2 is 2.33 bits per heavy atom. The van der Waals surface area contributed by atoms with Crippen LogP contribution >= 0.6 is 23.1 Å². The van der Waals surface area contributed by atoms with E-state index in [1.165, 1.54) is 11.3 Å². The van der Waals surface area contributed by atoms with Crippen LogP contribution in [0.1, 0.15) is 16.6 Å². The number of rotatable bonds is 2. The Bertz CT molecular complexity index is 712. The molecule has 3 rings (SSSR count). The minimum absolute atomic E-state index is 0.0175. The zero-order valence-electron chi connectivity index (χ0n) is 11.4. The van der Waals surface area contributed by atoms with Gasteiger partial charge in [0.1, 0.15) is 4.88 Å². The molecule has 1 aromatic heterocycles. The second-order valence-electron chi connectivity index (χ2n) is 4.42. The predicted octanol–water partition coefficient (Wildman–Crippen LogP) is 3.31. The zero-order valence-corrected chi connectivity index (χ0v) is 13.0. The number of benzene rings is 1. The summed E-state index contributed by atoms with van der Waals surface area (Å²) in [5.41, 5.74) is 0.673. The number of hydrogen-bond acceptors (Lipinski definition) is 5. The molecule has 1 aliphatic heterocycles. The normalized spacial score (nSPS) is 14.2. The van der Waals surface area contributed by atoms with Crippen molar-refractivity contribution in [1.29, 1.82) is 0 Å². The number of carbonyl (C=O) groups is 2. The van der Waals surface area contributed by atoms with E-state index in [1.807, 2.05) is 18.2 Å². The first-order chi connectivity index (χ1) is 10.2. The van der Waals surface area contributed by atoms with Gasteiger partial charge in [0.2, 0.25) is 0 Å². The summed E-state index contributed by atoms with van der Waals surface area (Å²) in [6.07, 6.45) is -0.469. The van der Waals surface area contributed by atoms with Crippen LogP contribution in [0.2, 0.25) is 0 Å². The van der Waals surface area contributed by atoms with Crippen molar-refractivity contribution in [2.45, 2.75) is 11.8 Å². The number of ether oxygens (including phenoxy) is 1. The van der Waals surface area contributed by atoms with Crippen LogP contribution in [0, 0.1) is 0 Å². The Kier molecular flexibility index (Phi) is 4.03. The van der Waals surface area contributed by atoms with Gasteiger partial charge in [-0.05, 0) is 25.1 Å². The van der Waals surface area contributed by atoms with Crippen LogP contribution in [-0.2, 0) is 4.74 Å². The molecular formula is C14H14N2O3S2. The van der Waals surface area contributed by atoms with Gasteiger partial charge in [-0.15, -0.1) is 23.1 Å². The van der Waals surface area contributed by atoms with Crippen molar-refractivity contribution in [1.82, 2.24) is 5.32 Å². The number of anilines is 1. The Labute approximate surface area is 130 Å². The summed E-state index contributed by atoms with van der Waals surface area (Å²) in [5, 5.41) is 6.58. The quantitative estimate of drug-likeness (QED) is 0.890. The topological polar surface area (TPSA) is 67.4 Å². The first-order valence-corrected chi connectivity index (χ1v) is 8.40. The van der Waals surface area contributed by atoms with Crippen LogP contribution in [0.25, 0.3) is 10.1 Å². The number of fused-ring (bicyclic) bond motifs is 3. The molecule has 1 aromatic carbocycles. The lowest BCUT2D eigenvalue weighted by atomic mass is 10.2. The van der Waals surface area contributed by atoms with Gasteiger partial charge in [0.25, 0.3) is 5.91 Å². The average molecular weight is 322 g/mol. The van der Waals surface area contributed by atoms with Crippen LogP contribution in [0.3, 0.4) is 0 Å². The lowest BCUT2D eigenvalue weighted by molar-refractivity contribution is 0.0958. The number of thiophene rings is 1. The first-order valence-electron chi connectivity index (χ1n) is 6.60. The van der Waals surface area contributed by atoms with Crippen LogP contribution in [0.5, 0.6) is 0 Å². The first kappa shape index (κ1) is 14.2. The molecule has 2 N–H and O–H groups in total. The fourth-order valence-corrected chi connectivity index (χ4v) is 4.45. The number of amides is 2. The van der Waals surface area contributed by atoms with Crippen molar-refractivity contribution in [3.05, 3.63) is 23.1 Å². The Morgan fingerprint density at radius 1 is 1.48 bits per heavy atom. The van der Waals surface area contributed by atoms with E-state index >= 15 is 0 Å². The van der Waals surface area contributed by atoms with E-state index in [2.05, 4.69) is 10.6 Å². The van der Waals surface area contributed by atoms with E-state index in [4.69, 9.17) is 4.74 Å². The third kappa shape index (κ3) is 2.84. The van der Waals surface area contributed by atoms with Gasteiger partial charge in [0, 0.05) is 33.0 Å². The van der Waals surface area contributed by atoms with E-state index in [-0.39, 0.29) is 5.91 Å². The number of hydrogen-bond donors (Lipinski definition) is 2. The highest BCUT2D eigenvalue weighted by molar-refractivity contribution is 7.99. The largest absolute Gasteiger partial charge is 0.450 e. The monoisotopic (exact) mass is 322 g/mol. The van der Waals surface area contributed by atoms with Crippen molar-refractivity contribution in [3.63, 3.8) is 0 Å². The molecule has 21 heavy (non-hydrogen) atoms. The molecule has 1 aliphatic rings. The average Bonchev–Trinajstić information content (AvgIpc) is 2.72. The summed E-state index contributed by atoms with van der Waals surface area (Å²) in [4.78, 5) is 25.3. The number of carbonyl (C=O) groups excluding carboxylic acids is 2. The summed E-state index contributed by atoms with van der Waals surface area (Å²) in [6, 6.07) is 5.63. The molecule has 5 nitrogen and oxygen atoms in total. The molecule has 0 unspecified atom stereocenters. The fraction of sp³-hybridized carbons (Fsp3) is 0.286. The molecule has 110 valence electrons. The Morgan fingerprint density at radius 3 is 3.14 bits per heavy atom. The minimum Gasteiger partial charge on any atom is -0.450 e. The van der Waals surface area contributed by atoms with E-state index in [0.717, 1.165) is 25.6 Å². The maximum absolute atomic E-state index is 12.0. The SMILES string of the molecule is CCOC(=O)Nc1ccc2sc3c(c2c1)SCCNC3=O. The van der Waals surface area contributed by atoms with E-state index in [9.17, 15) is 9.59 Å². The third-order valence-corrected chi connectivity index (χ3v) is 5.42. The van der Waals surface area contributed by atoms with Gasteiger partial charge >= 0.3 is 6.09 Å². The molecule has 0 fully saturated rings. The molecular weight excluding hydrogens is 308 g/mol. The highest BCUT2D eigenvalue weighted by atomic mass is 32.2. The Hall–Kier alpha value is -1.73. The van der Waals surface area contributed by atoms with Crippen molar-refractivity contribution in [2.24, 2.45) is 0 Å². The van der Waals surface area contributed by atoms with Crippen molar-refractivity contribution >= 4 is 50.9 Å². The van der Waals surface area contributed by atoms with Crippen LogP contribution in [-0.4, -0.2) is 30.9 Å². The predicted molar refractivity (Wildman–Crippen MR) is 85.5 cm³/mol. The zero-order chi connectivity index (χ0) is 14.8. The highest BCUT2D eigenvalue weighted by Gasteiger charge is 2.21. The number of nitrogens with one attached hydrogen (secondary N) is 2. The summed E-state index contributed by atoms with van der Waals surface area (Å²) in [6.45, 7) is 2.77. The Balaban J connectivity index is 1.99. The van der Waals surface area contributed by atoms with E-state index in [0.29, 0.717) is 18.8 Å². The van der Waals surface area contributed by atoms with E-state index < -0.39 is 6.09 Å². The number of thioether (sulfide) groups is 1. The van der Waals surface area contributed by atoms with Crippen molar-refractivity contribution in [2.75, 3.05) is 24.2 Å². The standard InChI is InChI=1S/C14H14N2O3S2/c1-2-19-14(18)16-8-3-4-10-9(7-8)11-12(21-10)13(17)15-5-6-20-11/h3-4,7H,2,5-6H2,1H3,(H,15,17)(H,16,18). The van der Waals surface area contributed by atoms with Gasteiger partial charge in [-0.1, -0.05) is 0 Å². The maximum atomic E-state index is 12.0. The van der Waals surface area contributed by atoms with Gasteiger partial charge in [-0.25, -0.2) is 4.79 Å². The molecule has 0 saturated carbocycles. The molecule has 0 bridgehead atoms. The van der Waals surface area contributed by atoms with Gasteiger partial charge in [0.05, 0.1) is 6.61 Å². The minimum atomic E-state index is -0.469. The fourth-order valence-electron chi connectivity index (χ4n) is 2.13. The van der Waals surface area contributed by atoms with E-state index in [1.54, 1.807) is 18.7 Å². The third-order valence-electron chi connectivity index (χ3n) is 3.00. The molecule has 0 spiro atoms. The van der Waals surface area contributed by atoms with Crippen LogP contribution in [0.4, 0.5) is 10.5 Å². The van der Waals surface area contributed by atoms with Gasteiger partial charge in [-0.3, -0.25) is 10.1 Å². The maximum Gasteiger partial charge on any atom is 0.411 e. The summed E-state index contributed by atoms with van der Waals surface area (Å²) >= 11 is 3.15. The van der Waals surface area contributed by atoms with Crippen LogP contribution in [0.15, 0.2) is 23.1 Å². The summed E-state index contributed by atoms with van der Waals surface area (Å²) < 4.78 is 5.91. The molecule has 0 radical (unpaired) electrons. The molecule has 2 aromatic rings. The molecule has 2 amide bonds. The van der Waals surface area contributed by atoms with Gasteiger partial charge in [-0.2, -0.15) is 0 Å². The smallest absolute Gasteiger partial charge is 0.411 e. The molecule has 0 aliphatic carbocycles. The molecule has 7 heteroatoms. The summed E-state index contributed by atoms with van der Waals surface area (Å²) in [7, 11) is 0. The lowest BCUT2D eigenvalue weighted by Gasteiger charge is -2.05. The second kappa shape index (κ2) is 5.95. The van der Waals surface area contributed by atoms with Crippen molar-refractivity contribution < 1.29 is 14.3 Å². The van der Waals surface area contributed by atoms with Crippen molar-refractivity contribution in [3.8, 4) is 0 Å². The molecule has 0 atom stereocenters. The lowest BCUT2D eigenvalue weighted by Crippen LogP contribution is -2.22.